The molecule has 0 radical (unpaired) electrons. The molecule has 2 aliphatic heterocycles. The number of nitrogens with two attached hydrogens (primary N) is 1. The van der Waals surface area contributed by atoms with Crippen LogP contribution in [-0.4, -0.2) is 37.8 Å². The van der Waals surface area contributed by atoms with Crippen molar-refractivity contribution in [2.75, 3.05) is 37.7 Å². The number of nitrogens with zero attached hydrogens (tertiary/aromatic N) is 2. The first-order valence-corrected chi connectivity index (χ1v) is 8.61. The highest BCUT2D eigenvalue weighted by Gasteiger charge is 2.47. The minimum atomic E-state index is 0.306. The van der Waals surface area contributed by atoms with Crippen LogP contribution < -0.4 is 10.6 Å². The zero-order chi connectivity index (χ0) is 15.9. The smallest absolute Gasteiger partial charge is 0.136 e. The van der Waals surface area contributed by atoms with Crippen molar-refractivity contribution >= 4 is 16.6 Å². The summed E-state index contributed by atoms with van der Waals surface area (Å²) in [4.78, 5) is 7.19. The van der Waals surface area contributed by atoms with E-state index in [2.05, 4.69) is 36.1 Å². The van der Waals surface area contributed by atoms with Crippen LogP contribution >= 0.6 is 0 Å². The van der Waals surface area contributed by atoms with Crippen LogP contribution in [0.2, 0.25) is 0 Å². The molecule has 0 amide bonds. The lowest BCUT2D eigenvalue weighted by Crippen LogP contribution is -2.39. The summed E-state index contributed by atoms with van der Waals surface area (Å²) < 4.78 is 5.60. The molecule has 1 atom stereocenters. The Balaban J connectivity index is 1.73. The minimum absolute atomic E-state index is 0.306. The molecule has 0 bridgehead atoms. The van der Waals surface area contributed by atoms with Crippen LogP contribution in [0.25, 0.3) is 10.8 Å². The fourth-order valence-corrected chi connectivity index (χ4v) is 4.46. The van der Waals surface area contributed by atoms with E-state index in [0.29, 0.717) is 11.3 Å². The van der Waals surface area contributed by atoms with Gasteiger partial charge in [-0.2, -0.15) is 0 Å². The molecule has 4 nitrogen and oxygen atoms in total. The largest absolute Gasteiger partial charge is 0.381 e. The van der Waals surface area contributed by atoms with Crippen molar-refractivity contribution in [1.82, 2.24) is 4.98 Å². The number of anilines is 1. The van der Waals surface area contributed by atoms with Crippen LogP contribution in [-0.2, 0) is 4.74 Å². The second-order valence-electron chi connectivity index (χ2n) is 7.09. The van der Waals surface area contributed by atoms with Gasteiger partial charge in [0.1, 0.15) is 5.82 Å². The summed E-state index contributed by atoms with van der Waals surface area (Å²) in [6.07, 6.45) is 4.18. The number of hydrogen-bond acceptors (Lipinski definition) is 4. The van der Waals surface area contributed by atoms with Gasteiger partial charge in [-0.3, -0.25) is 0 Å². The molecule has 1 aromatic heterocycles. The first-order valence-electron chi connectivity index (χ1n) is 8.61. The molecule has 2 aromatic rings. The van der Waals surface area contributed by atoms with Crippen molar-refractivity contribution in [2.45, 2.75) is 19.8 Å². The van der Waals surface area contributed by atoms with Crippen LogP contribution in [0.15, 0.2) is 30.5 Å². The lowest BCUT2D eigenvalue weighted by Gasteiger charge is -2.37. The quantitative estimate of drug-likeness (QED) is 0.926. The Morgan fingerprint density at radius 2 is 2.09 bits per heavy atom. The second kappa shape index (κ2) is 5.77. The summed E-state index contributed by atoms with van der Waals surface area (Å²) in [5.41, 5.74) is 7.74. The van der Waals surface area contributed by atoms with Crippen LogP contribution in [0.5, 0.6) is 0 Å². The van der Waals surface area contributed by atoms with Crippen molar-refractivity contribution in [3.63, 3.8) is 0 Å². The first kappa shape index (κ1) is 14.9. The van der Waals surface area contributed by atoms with Crippen LogP contribution in [0.1, 0.15) is 18.4 Å². The lowest BCUT2D eigenvalue weighted by molar-refractivity contribution is 0.00490. The summed E-state index contributed by atoms with van der Waals surface area (Å²) in [7, 11) is 0. The summed E-state index contributed by atoms with van der Waals surface area (Å²) in [6.45, 7) is 6.71. The van der Waals surface area contributed by atoms with E-state index >= 15 is 0 Å². The SMILES string of the molecule is Cc1cccc2c(N3CC(CN)C4(CCOCC4)C3)nccc12. The van der Waals surface area contributed by atoms with Crippen LogP contribution in [0.4, 0.5) is 5.82 Å². The molecule has 1 spiro atoms. The maximum absolute atomic E-state index is 6.13. The van der Waals surface area contributed by atoms with E-state index in [1.165, 1.54) is 16.3 Å². The van der Waals surface area contributed by atoms with E-state index < -0.39 is 0 Å². The van der Waals surface area contributed by atoms with Gasteiger partial charge >= 0.3 is 0 Å². The Bertz CT molecular complexity index is 709. The van der Waals surface area contributed by atoms with Gasteiger partial charge < -0.3 is 15.4 Å². The predicted molar refractivity (Wildman–Crippen MR) is 93.7 cm³/mol. The summed E-state index contributed by atoms with van der Waals surface area (Å²) in [5, 5.41) is 2.56. The monoisotopic (exact) mass is 311 g/mol. The molecule has 0 saturated carbocycles. The molecule has 3 heterocycles. The van der Waals surface area contributed by atoms with Crippen molar-refractivity contribution in [3.8, 4) is 0 Å². The number of aromatic nitrogens is 1. The first-order chi connectivity index (χ1) is 11.2. The van der Waals surface area contributed by atoms with Crippen LogP contribution in [0.3, 0.4) is 0 Å². The standard InChI is InChI=1S/C19H25N3O/c1-14-3-2-4-17-16(14)5-8-21-18(17)22-12-15(11-20)19(13-22)6-9-23-10-7-19/h2-5,8,15H,6-7,9-13,20H2,1H3. The van der Waals surface area contributed by atoms with Crippen molar-refractivity contribution in [3.05, 3.63) is 36.0 Å². The van der Waals surface area contributed by atoms with Crippen molar-refractivity contribution in [2.24, 2.45) is 17.1 Å². The van der Waals surface area contributed by atoms with E-state index in [4.69, 9.17) is 15.5 Å². The fourth-order valence-electron chi connectivity index (χ4n) is 4.46. The van der Waals surface area contributed by atoms with Gasteiger partial charge in [-0.05, 0) is 54.7 Å². The predicted octanol–water partition coefficient (Wildman–Crippen LogP) is 2.73. The highest BCUT2D eigenvalue weighted by molar-refractivity contribution is 5.94. The number of aryl methyl sites for hydroxylation is 1. The number of benzene rings is 1. The molecule has 0 aliphatic carbocycles. The van der Waals surface area contributed by atoms with Crippen molar-refractivity contribution < 1.29 is 4.74 Å². The lowest BCUT2D eigenvalue weighted by atomic mass is 9.72. The number of hydrogen-bond donors (Lipinski definition) is 1. The third-order valence-corrected chi connectivity index (χ3v) is 5.89. The summed E-state index contributed by atoms with van der Waals surface area (Å²) in [5.74, 6) is 1.65. The molecule has 1 aromatic carbocycles. The third-order valence-electron chi connectivity index (χ3n) is 5.89. The molecule has 1 unspecified atom stereocenters. The van der Waals surface area contributed by atoms with E-state index in [1.54, 1.807) is 0 Å². The minimum Gasteiger partial charge on any atom is -0.381 e. The number of fused-ring (bicyclic) bond motifs is 1. The summed E-state index contributed by atoms with van der Waals surface area (Å²) >= 11 is 0. The van der Waals surface area contributed by atoms with Crippen LogP contribution in [0, 0.1) is 18.3 Å². The van der Waals surface area contributed by atoms with E-state index in [0.717, 1.165) is 51.5 Å². The van der Waals surface area contributed by atoms with Gasteiger partial charge in [0.2, 0.25) is 0 Å². The Morgan fingerprint density at radius 3 is 2.87 bits per heavy atom. The maximum atomic E-state index is 6.13. The Kier molecular flexibility index (Phi) is 3.74. The molecule has 2 aliphatic rings. The van der Waals surface area contributed by atoms with Gasteiger partial charge in [0.15, 0.2) is 0 Å². The molecule has 4 rings (SSSR count). The number of ether oxygens (including phenoxy) is 1. The normalized spacial score (nSPS) is 23.7. The topological polar surface area (TPSA) is 51.4 Å². The highest BCUT2D eigenvalue weighted by Crippen LogP contribution is 2.45. The number of rotatable bonds is 2. The summed E-state index contributed by atoms with van der Waals surface area (Å²) in [6, 6.07) is 8.61. The van der Waals surface area contributed by atoms with Crippen molar-refractivity contribution in [1.29, 1.82) is 0 Å². The highest BCUT2D eigenvalue weighted by atomic mass is 16.5. The average molecular weight is 311 g/mol. The zero-order valence-electron chi connectivity index (χ0n) is 13.8. The van der Waals surface area contributed by atoms with Gasteiger partial charge in [-0.15, -0.1) is 0 Å². The van der Waals surface area contributed by atoms with Gasteiger partial charge in [0, 0.05) is 37.9 Å². The molecule has 2 fully saturated rings. The molecule has 4 heteroatoms. The molecule has 2 saturated heterocycles. The van der Waals surface area contributed by atoms with Gasteiger partial charge in [0.25, 0.3) is 0 Å². The van der Waals surface area contributed by atoms with Gasteiger partial charge in [-0.1, -0.05) is 18.2 Å². The zero-order valence-corrected chi connectivity index (χ0v) is 13.8. The molecular weight excluding hydrogens is 286 g/mol. The van der Waals surface area contributed by atoms with Gasteiger partial charge in [-0.25, -0.2) is 4.98 Å². The third kappa shape index (κ3) is 2.41. The van der Waals surface area contributed by atoms with E-state index in [9.17, 15) is 0 Å². The average Bonchev–Trinajstić information content (AvgIpc) is 2.93. The Hall–Kier alpha value is -1.65. The fraction of sp³-hybridized carbons (Fsp3) is 0.526. The maximum Gasteiger partial charge on any atom is 0.136 e. The molecule has 122 valence electrons. The Morgan fingerprint density at radius 1 is 1.26 bits per heavy atom. The molecule has 2 N–H and O–H groups in total. The molecular formula is C19H25N3O. The Labute approximate surface area is 137 Å². The second-order valence-corrected chi connectivity index (χ2v) is 7.09. The van der Waals surface area contributed by atoms with E-state index in [-0.39, 0.29) is 0 Å². The number of pyridine rings is 1. The van der Waals surface area contributed by atoms with Gasteiger partial charge in [0.05, 0.1) is 0 Å². The molecule has 23 heavy (non-hydrogen) atoms. The van der Waals surface area contributed by atoms with E-state index in [1.807, 2.05) is 6.20 Å².